The van der Waals surface area contributed by atoms with Crippen LogP contribution in [0.15, 0.2) is 0 Å². The minimum absolute atomic E-state index is 0.0489. The van der Waals surface area contributed by atoms with Crippen molar-refractivity contribution in [3.63, 3.8) is 0 Å². The van der Waals surface area contributed by atoms with E-state index >= 15 is 0 Å². The van der Waals surface area contributed by atoms with E-state index in [1.807, 2.05) is 20.8 Å². The Morgan fingerprint density at radius 2 is 1.42 bits per heavy atom. The summed E-state index contributed by atoms with van der Waals surface area (Å²) in [4.78, 5) is 52.2. The Hall–Kier alpha value is -1.72. The van der Waals surface area contributed by atoms with E-state index in [2.05, 4.69) is 28.2 Å². The van der Waals surface area contributed by atoms with Gasteiger partial charge in [-0.25, -0.2) is 0 Å². The minimum atomic E-state index is -0.893. The summed E-state index contributed by atoms with van der Waals surface area (Å²) in [5.74, 6) is -1.61. The quantitative estimate of drug-likeness (QED) is 0.0607. The van der Waals surface area contributed by atoms with Crippen molar-refractivity contribution >= 4 is 23.3 Å². The Bertz CT molecular complexity index is 701. The van der Waals surface area contributed by atoms with Crippen LogP contribution in [0.4, 0.5) is 0 Å². The normalized spacial score (nSPS) is 14.8. The van der Waals surface area contributed by atoms with E-state index in [9.17, 15) is 19.2 Å². The lowest BCUT2D eigenvalue weighted by Crippen LogP contribution is -2.53. The molecule has 4 atom stereocenters. The molecule has 222 valence electrons. The number of likely N-dealkylation sites (N-methyl/N-ethyl adjacent to an activating group) is 1. The molecule has 0 aromatic heterocycles. The Labute approximate surface area is 230 Å². The number of ketones is 3. The number of nitrogens with two attached hydrogens (primary N) is 2. The molecule has 0 saturated carbocycles. The molecule has 0 aromatic carbocycles. The monoisotopic (exact) mass is 540 g/mol. The van der Waals surface area contributed by atoms with Crippen LogP contribution in [0.2, 0.25) is 0 Å². The molecule has 0 rings (SSSR count). The highest BCUT2D eigenvalue weighted by Gasteiger charge is 2.33. The molecule has 1 amide bonds. The summed E-state index contributed by atoms with van der Waals surface area (Å²) in [6.45, 7) is 10.2. The Morgan fingerprint density at radius 3 is 1.97 bits per heavy atom. The van der Waals surface area contributed by atoms with Gasteiger partial charge in [0.05, 0.1) is 24.7 Å². The number of hydrogen-bond acceptors (Lipinski definition) is 9. The first-order valence-electron chi connectivity index (χ1n) is 14.5. The average Bonchev–Trinajstić information content (AvgIpc) is 2.87. The number of carbonyl (C=O) groups is 4. The zero-order chi connectivity index (χ0) is 29.1. The Balaban J connectivity index is 5.44. The van der Waals surface area contributed by atoms with Crippen molar-refractivity contribution in [1.29, 1.82) is 0 Å². The molecule has 0 spiro atoms. The lowest BCUT2D eigenvalue weighted by Gasteiger charge is -2.25. The van der Waals surface area contributed by atoms with E-state index in [1.165, 1.54) is 12.8 Å². The van der Waals surface area contributed by atoms with Gasteiger partial charge < -0.3 is 27.4 Å². The Morgan fingerprint density at radius 1 is 0.789 bits per heavy atom. The van der Waals surface area contributed by atoms with Gasteiger partial charge in [0.1, 0.15) is 6.29 Å². The largest absolute Gasteiger partial charge is 0.346 e. The first-order chi connectivity index (χ1) is 18.0. The first kappa shape index (κ1) is 36.3. The first-order valence-corrected chi connectivity index (χ1v) is 14.5. The number of Topliss-reactive ketones (excluding diaryl/α,β-unsaturated/α-hetero) is 3. The van der Waals surface area contributed by atoms with Gasteiger partial charge in [0.2, 0.25) is 17.5 Å². The van der Waals surface area contributed by atoms with Crippen LogP contribution in [0.1, 0.15) is 98.8 Å². The van der Waals surface area contributed by atoms with Crippen molar-refractivity contribution < 1.29 is 19.2 Å². The third-order valence-electron chi connectivity index (χ3n) is 6.91. The van der Waals surface area contributed by atoms with Crippen LogP contribution in [0.3, 0.4) is 0 Å². The summed E-state index contributed by atoms with van der Waals surface area (Å²) in [6, 6.07) is -2.12. The van der Waals surface area contributed by atoms with Crippen LogP contribution in [0.25, 0.3) is 0 Å². The second-order valence-corrected chi connectivity index (χ2v) is 10.8. The highest BCUT2D eigenvalue weighted by molar-refractivity contribution is 6.41. The number of carbonyl (C=O) groups excluding carboxylic acids is 4. The molecule has 10 nitrogen and oxygen atoms in total. The molecule has 0 heterocycles. The van der Waals surface area contributed by atoms with Gasteiger partial charge >= 0.3 is 0 Å². The van der Waals surface area contributed by atoms with Gasteiger partial charge in [-0.3, -0.25) is 24.5 Å². The van der Waals surface area contributed by atoms with Crippen LogP contribution in [-0.2, 0) is 19.2 Å². The van der Waals surface area contributed by atoms with Crippen molar-refractivity contribution in [3.05, 3.63) is 0 Å². The molecule has 10 heteroatoms. The van der Waals surface area contributed by atoms with Crippen LogP contribution in [0.5, 0.6) is 0 Å². The smallest absolute Gasteiger partial charge is 0.223 e. The van der Waals surface area contributed by atoms with E-state index in [1.54, 1.807) is 14.0 Å². The van der Waals surface area contributed by atoms with Gasteiger partial charge in [-0.05, 0) is 58.5 Å². The molecule has 0 aliphatic rings. The summed E-state index contributed by atoms with van der Waals surface area (Å²) < 4.78 is 0. The molecule has 0 aliphatic carbocycles. The van der Waals surface area contributed by atoms with Crippen LogP contribution < -0.4 is 32.7 Å². The van der Waals surface area contributed by atoms with Crippen LogP contribution >= 0.6 is 0 Å². The SMILES string of the molecule is CCCCCCCC(CC)C(=O)N[C@@H](CC(C)C)C(=O)C(=O)[C@H](CCCNC(N)N)NCC(=O)[C@H](C)NC. The molecule has 0 aromatic rings. The second kappa shape index (κ2) is 21.1. The summed E-state index contributed by atoms with van der Waals surface area (Å²) in [5.41, 5.74) is 11.0. The topological polar surface area (TPSA) is 168 Å². The van der Waals surface area contributed by atoms with Crippen molar-refractivity contribution in [2.45, 2.75) is 123 Å². The third-order valence-corrected chi connectivity index (χ3v) is 6.91. The molecular formula is C28H56N6O4. The van der Waals surface area contributed by atoms with Gasteiger partial charge in [-0.15, -0.1) is 0 Å². The highest BCUT2D eigenvalue weighted by atomic mass is 16.2. The van der Waals surface area contributed by atoms with E-state index in [4.69, 9.17) is 11.5 Å². The lowest BCUT2D eigenvalue weighted by molar-refractivity contribution is -0.140. The van der Waals surface area contributed by atoms with E-state index in [0.717, 1.165) is 25.7 Å². The summed E-state index contributed by atoms with van der Waals surface area (Å²) in [6.07, 6.45) is 7.57. The van der Waals surface area contributed by atoms with Crippen molar-refractivity contribution in [2.75, 3.05) is 20.1 Å². The van der Waals surface area contributed by atoms with Crippen LogP contribution in [-0.4, -0.2) is 67.8 Å². The van der Waals surface area contributed by atoms with E-state index in [0.29, 0.717) is 32.2 Å². The maximum atomic E-state index is 13.4. The summed E-state index contributed by atoms with van der Waals surface area (Å²) in [5, 5.41) is 11.6. The second-order valence-electron chi connectivity index (χ2n) is 10.8. The lowest BCUT2D eigenvalue weighted by atomic mass is 9.92. The maximum Gasteiger partial charge on any atom is 0.223 e. The fraction of sp³-hybridized carbons (Fsp3) is 0.857. The average molecular weight is 541 g/mol. The molecule has 8 N–H and O–H groups in total. The Kier molecular flexibility index (Phi) is 20.2. The van der Waals surface area contributed by atoms with Gasteiger partial charge in [-0.1, -0.05) is 59.8 Å². The fourth-order valence-electron chi connectivity index (χ4n) is 4.29. The molecule has 0 saturated heterocycles. The number of unbranched alkanes of at least 4 members (excludes halogenated alkanes) is 4. The zero-order valence-electron chi connectivity index (χ0n) is 24.7. The van der Waals surface area contributed by atoms with Crippen LogP contribution in [0, 0.1) is 11.8 Å². The summed E-state index contributed by atoms with van der Waals surface area (Å²) >= 11 is 0. The number of hydrogen-bond donors (Lipinski definition) is 6. The molecule has 0 fully saturated rings. The predicted octanol–water partition coefficient (Wildman–Crippen LogP) is 1.75. The van der Waals surface area contributed by atoms with Gasteiger partial charge in [0.25, 0.3) is 0 Å². The zero-order valence-corrected chi connectivity index (χ0v) is 24.7. The van der Waals surface area contributed by atoms with E-state index < -0.39 is 29.9 Å². The van der Waals surface area contributed by atoms with Crippen molar-refractivity contribution in [2.24, 2.45) is 23.3 Å². The molecular weight excluding hydrogens is 484 g/mol. The summed E-state index contributed by atoms with van der Waals surface area (Å²) in [7, 11) is 1.68. The standard InChI is InChI=1S/C28H56N6O4/c1-7-9-10-11-12-14-21(8-2)27(38)34-23(17-19(3)4)26(37)25(36)22(15-13-16-32-28(29)30)33-18-24(35)20(5)31-6/h19-23,28,31-33H,7-18,29-30H2,1-6H3,(H,34,38)/t20-,21?,22-,23-/m0/s1. The molecule has 1 unspecified atom stereocenters. The fourth-order valence-corrected chi connectivity index (χ4v) is 4.29. The molecule has 0 aliphatic heterocycles. The predicted molar refractivity (Wildman–Crippen MR) is 153 cm³/mol. The van der Waals surface area contributed by atoms with Crippen molar-refractivity contribution in [1.82, 2.24) is 21.3 Å². The molecule has 38 heavy (non-hydrogen) atoms. The number of amides is 1. The highest BCUT2D eigenvalue weighted by Crippen LogP contribution is 2.17. The van der Waals surface area contributed by atoms with Gasteiger partial charge in [-0.2, -0.15) is 0 Å². The van der Waals surface area contributed by atoms with Gasteiger partial charge in [0, 0.05) is 5.92 Å². The van der Waals surface area contributed by atoms with Gasteiger partial charge in [0.15, 0.2) is 5.78 Å². The molecule has 0 radical (unpaired) electrons. The van der Waals surface area contributed by atoms with Crippen molar-refractivity contribution in [3.8, 4) is 0 Å². The number of rotatable bonds is 24. The maximum absolute atomic E-state index is 13.4. The molecule has 0 bridgehead atoms. The number of nitrogens with one attached hydrogen (secondary N) is 4. The third kappa shape index (κ3) is 15.6. The van der Waals surface area contributed by atoms with E-state index in [-0.39, 0.29) is 36.1 Å². The minimum Gasteiger partial charge on any atom is -0.346 e.